The number of carbonyl (C=O) groups is 2. The molecule has 8 heteroatoms. The maximum atomic E-state index is 13.7. The fraction of sp³-hybridized carbons (Fsp3) is 0.346. The van der Waals surface area contributed by atoms with Crippen LogP contribution in [0.5, 0.6) is 0 Å². The molecule has 4 rings (SSSR count). The van der Waals surface area contributed by atoms with Crippen LogP contribution in [0.3, 0.4) is 0 Å². The van der Waals surface area contributed by atoms with E-state index in [-0.39, 0.29) is 19.6 Å². The number of carbonyl (C=O) groups excluding carboxylic acids is 2. The number of hydrogen-bond acceptors (Lipinski definition) is 8. The summed E-state index contributed by atoms with van der Waals surface area (Å²) in [6, 6.07) is 19.4. The van der Waals surface area contributed by atoms with Crippen molar-refractivity contribution in [3.63, 3.8) is 0 Å². The largest absolute Gasteiger partial charge is 0.465 e. The quantitative estimate of drug-likeness (QED) is 0.500. The fourth-order valence-electron chi connectivity index (χ4n) is 5.03. The Labute approximate surface area is 198 Å². The number of hydrazone groups is 1. The molecule has 1 fully saturated rings. The van der Waals surface area contributed by atoms with Crippen LogP contribution in [0.15, 0.2) is 59.7 Å². The second-order valence-electron chi connectivity index (χ2n) is 8.19. The Kier molecular flexibility index (Phi) is 6.08. The zero-order valence-electron chi connectivity index (χ0n) is 19.0. The van der Waals surface area contributed by atoms with E-state index in [1.54, 1.807) is 62.5 Å². The average molecular weight is 457 g/mol. The standard InChI is InChI=1S/C26H24N4O4/c1-3-33-23(31)26(24(32)34-4-2)14-21(18-10-6-5-7-11-18)25(16-27,17-28)30-22(26)20-13-9-8-12-19(20)15-29-30/h5-13,15,21-22H,3-4,14H2,1-2H3/t21-,22+/m0/s1. The zero-order chi connectivity index (χ0) is 24.3. The maximum absolute atomic E-state index is 13.7. The topological polar surface area (TPSA) is 116 Å². The van der Waals surface area contributed by atoms with E-state index in [0.29, 0.717) is 16.7 Å². The smallest absolute Gasteiger partial charge is 0.326 e. The Morgan fingerprint density at radius 2 is 1.59 bits per heavy atom. The Bertz CT molecular complexity index is 1180. The number of fused-ring (bicyclic) bond motifs is 3. The normalized spacial score (nSPS) is 21.2. The van der Waals surface area contributed by atoms with Crippen LogP contribution >= 0.6 is 0 Å². The first-order valence-corrected chi connectivity index (χ1v) is 11.1. The number of hydrogen-bond donors (Lipinski definition) is 0. The summed E-state index contributed by atoms with van der Waals surface area (Å²) in [5.74, 6) is -2.38. The minimum absolute atomic E-state index is 0.0509. The van der Waals surface area contributed by atoms with E-state index in [9.17, 15) is 20.1 Å². The molecule has 2 aliphatic rings. The number of benzene rings is 2. The molecular weight excluding hydrogens is 432 g/mol. The summed E-state index contributed by atoms with van der Waals surface area (Å²) in [7, 11) is 0. The molecule has 2 aromatic carbocycles. The highest BCUT2D eigenvalue weighted by Crippen LogP contribution is 2.59. The van der Waals surface area contributed by atoms with E-state index < -0.39 is 34.9 Å². The van der Waals surface area contributed by atoms with Gasteiger partial charge in [-0.05, 0) is 37.0 Å². The number of nitrogens with zero attached hydrogens (tertiary/aromatic N) is 4. The summed E-state index contributed by atoms with van der Waals surface area (Å²) in [5, 5.41) is 26.6. The first-order valence-electron chi connectivity index (χ1n) is 11.1. The van der Waals surface area contributed by atoms with E-state index in [0.717, 1.165) is 0 Å². The number of rotatable bonds is 5. The van der Waals surface area contributed by atoms with Crippen molar-refractivity contribution in [2.24, 2.45) is 10.5 Å². The van der Waals surface area contributed by atoms with Gasteiger partial charge in [-0.3, -0.25) is 14.6 Å². The molecule has 2 heterocycles. The minimum atomic E-state index is -1.85. The van der Waals surface area contributed by atoms with Crippen molar-refractivity contribution in [3.8, 4) is 12.1 Å². The van der Waals surface area contributed by atoms with Crippen molar-refractivity contribution >= 4 is 18.2 Å². The van der Waals surface area contributed by atoms with Crippen LogP contribution in [-0.2, 0) is 19.1 Å². The zero-order valence-corrected chi connectivity index (χ0v) is 19.0. The molecule has 0 spiro atoms. The third kappa shape index (κ3) is 3.22. The Hall–Kier alpha value is -4.17. The Balaban J connectivity index is 2.06. The molecule has 2 aliphatic heterocycles. The van der Waals surface area contributed by atoms with Gasteiger partial charge in [0.2, 0.25) is 5.54 Å². The molecule has 172 valence electrons. The van der Waals surface area contributed by atoms with Gasteiger partial charge in [0.15, 0.2) is 5.41 Å². The lowest BCUT2D eigenvalue weighted by atomic mass is 9.59. The lowest BCUT2D eigenvalue weighted by Crippen LogP contribution is -2.65. The van der Waals surface area contributed by atoms with Gasteiger partial charge in [0.1, 0.15) is 18.2 Å². The van der Waals surface area contributed by atoms with Gasteiger partial charge in [-0.15, -0.1) is 0 Å². The van der Waals surface area contributed by atoms with E-state index in [4.69, 9.17) is 9.47 Å². The van der Waals surface area contributed by atoms with Crippen molar-refractivity contribution in [1.82, 2.24) is 5.01 Å². The monoisotopic (exact) mass is 456 g/mol. The molecule has 0 amide bonds. The maximum Gasteiger partial charge on any atom is 0.326 e. The van der Waals surface area contributed by atoms with Crippen molar-refractivity contribution < 1.29 is 19.1 Å². The predicted molar refractivity (Wildman–Crippen MR) is 122 cm³/mol. The molecule has 0 aliphatic carbocycles. The predicted octanol–water partition coefficient (Wildman–Crippen LogP) is 3.46. The SMILES string of the molecule is CCOC(=O)C1(C(=O)OCC)C[C@@H](c2ccccc2)C(C#N)(C#N)N2N=Cc3ccccc3[C@@H]21. The van der Waals surface area contributed by atoms with Gasteiger partial charge >= 0.3 is 11.9 Å². The highest BCUT2D eigenvalue weighted by molar-refractivity contribution is 6.02. The molecule has 34 heavy (non-hydrogen) atoms. The molecule has 0 aromatic heterocycles. The van der Waals surface area contributed by atoms with Gasteiger partial charge < -0.3 is 9.47 Å². The van der Waals surface area contributed by atoms with Crippen molar-refractivity contribution in [2.45, 2.75) is 37.8 Å². The summed E-state index contributed by atoms with van der Waals surface area (Å²) in [5.41, 5.74) is -1.71. The summed E-state index contributed by atoms with van der Waals surface area (Å²) in [6.45, 7) is 3.42. The van der Waals surface area contributed by atoms with Crippen molar-refractivity contribution in [3.05, 3.63) is 71.3 Å². The molecule has 2 aromatic rings. The van der Waals surface area contributed by atoms with E-state index in [1.807, 2.05) is 12.1 Å². The molecule has 0 saturated carbocycles. The van der Waals surface area contributed by atoms with Crippen LogP contribution in [0.25, 0.3) is 0 Å². The van der Waals surface area contributed by atoms with Crippen LogP contribution < -0.4 is 0 Å². The van der Waals surface area contributed by atoms with Crippen molar-refractivity contribution in [1.29, 1.82) is 10.5 Å². The van der Waals surface area contributed by atoms with Gasteiger partial charge in [-0.25, -0.2) is 0 Å². The van der Waals surface area contributed by atoms with Crippen LogP contribution in [0, 0.1) is 28.1 Å². The lowest BCUT2D eigenvalue weighted by molar-refractivity contribution is -0.187. The molecule has 8 nitrogen and oxygen atoms in total. The van der Waals surface area contributed by atoms with Crippen molar-refractivity contribution in [2.75, 3.05) is 13.2 Å². The van der Waals surface area contributed by atoms with Crippen LogP contribution in [0.4, 0.5) is 0 Å². The third-order valence-electron chi connectivity index (χ3n) is 6.54. The van der Waals surface area contributed by atoms with Crippen LogP contribution in [0.2, 0.25) is 0 Å². The van der Waals surface area contributed by atoms with Crippen LogP contribution in [0.1, 0.15) is 48.9 Å². The molecule has 2 atom stereocenters. The average Bonchev–Trinajstić information content (AvgIpc) is 2.88. The highest BCUT2D eigenvalue weighted by atomic mass is 16.6. The Morgan fingerprint density at radius 1 is 1.00 bits per heavy atom. The van der Waals surface area contributed by atoms with Gasteiger partial charge in [0, 0.05) is 5.92 Å². The molecule has 0 N–H and O–H groups in total. The third-order valence-corrected chi connectivity index (χ3v) is 6.54. The van der Waals surface area contributed by atoms with Gasteiger partial charge in [-0.2, -0.15) is 15.6 Å². The molecular formula is C26H24N4O4. The lowest BCUT2D eigenvalue weighted by Gasteiger charge is -2.54. The molecule has 0 bridgehead atoms. The van der Waals surface area contributed by atoms with Gasteiger partial charge in [-0.1, -0.05) is 54.6 Å². The van der Waals surface area contributed by atoms with E-state index >= 15 is 0 Å². The second-order valence-corrected chi connectivity index (χ2v) is 8.19. The summed E-state index contributed by atoms with van der Waals surface area (Å²) in [4.78, 5) is 27.4. The number of piperidine rings is 1. The van der Waals surface area contributed by atoms with Crippen LogP contribution in [-0.4, -0.2) is 41.9 Å². The van der Waals surface area contributed by atoms with Gasteiger partial charge in [0.25, 0.3) is 0 Å². The summed E-state index contributed by atoms with van der Waals surface area (Å²) >= 11 is 0. The first kappa shape index (κ1) is 23.0. The van der Waals surface area contributed by atoms with E-state index in [2.05, 4.69) is 17.2 Å². The summed E-state index contributed by atoms with van der Waals surface area (Å²) < 4.78 is 10.9. The number of nitriles is 2. The number of ether oxygens (including phenoxy) is 2. The molecule has 0 unspecified atom stereocenters. The molecule has 1 saturated heterocycles. The van der Waals surface area contributed by atoms with Gasteiger partial charge in [0.05, 0.1) is 19.4 Å². The fourth-order valence-corrected chi connectivity index (χ4v) is 5.03. The molecule has 0 radical (unpaired) electrons. The minimum Gasteiger partial charge on any atom is -0.465 e. The van der Waals surface area contributed by atoms with E-state index in [1.165, 1.54) is 5.01 Å². The second kappa shape index (κ2) is 8.99. The number of esters is 2. The Morgan fingerprint density at radius 3 is 2.18 bits per heavy atom. The first-order chi connectivity index (χ1) is 16.5. The highest BCUT2D eigenvalue weighted by Gasteiger charge is 2.69. The summed E-state index contributed by atoms with van der Waals surface area (Å²) in [6.07, 6.45) is 1.39.